The highest BCUT2D eigenvalue weighted by Crippen LogP contribution is 2.40. The molecule has 1 fully saturated rings. The minimum absolute atomic E-state index is 0.0694. The Morgan fingerprint density at radius 1 is 1.16 bits per heavy atom. The SMILES string of the molecule is COc1ccc(C(O)=C2C(=O)C(=O)N(CCCN(C)C)[C@H]2c2ccc(C)cc2)cc1Cl. The van der Waals surface area contributed by atoms with Crippen LogP contribution < -0.4 is 4.74 Å². The lowest BCUT2D eigenvalue weighted by Gasteiger charge is -2.26. The molecule has 1 atom stereocenters. The summed E-state index contributed by atoms with van der Waals surface area (Å²) >= 11 is 6.22. The van der Waals surface area contributed by atoms with Gasteiger partial charge >= 0.3 is 0 Å². The summed E-state index contributed by atoms with van der Waals surface area (Å²) in [4.78, 5) is 29.5. The summed E-state index contributed by atoms with van der Waals surface area (Å²) in [5.74, 6) is -1.09. The standard InChI is InChI=1S/C24H27ClN2O4/c1-15-6-8-16(9-7-15)21-20(22(28)17-10-11-19(31-4)18(25)14-17)23(29)24(30)27(21)13-5-12-26(2)3/h6-11,14,21,28H,5,12-13H2,1-4H3/t21-/m0/s1. The summed E-state index contributed by atoms with van der Waals surface area (Å²) in [7, 11) is 5.41. The van der Waals surface area contributed by atoms with E-state index in [2.05, 4.69) is 0 Å². The lowest BCUT2D eigenvalue weighted by molar-refractivity contribution is -0.139. The van der Waals surface area contributed by atoms with Crippen molar-refractivity contribution in [3.05, 3.63) is 69.8 Å². The maximum absolute atomic E-state index is 13.0. The molecule has 6 nitrogen and oxygen atoms in total. The van der Waals surface area contributed by atoms with Crippen LogP contribution in [0.5, 0.6) is 5.75 Å². The summed E-state index contributed by atoms with van der Waals surface area (Å²) in [6.45, 7) is 3.15. The third kappa shape index (κ3) is 4.75. The summed E-state index contributed by atoms with van der Waals surface area (Å²) in [5, 5.41) is 11.4. The van der Waals surface area contributed by atoms with Crippen LogP contribution in [-0.4, -0.2) is 60.9 Å². The van der Waals surface area contributed by atoms with E-state index in [4.69, 9.17) is 16.3 Å². The van der Waals surface area contributed by atoms with E-state index in [0.29, 0.717) is 29.3 Å². The number of aliphatic hydroxyl groups is 1. The average molecular weight is 443 g/mol. The van der Waals surface area contributed by atoms with Crippen LogP contribution in [0.1, 0.15) is 29.2 Å². The molecule has 1 aliphatic heterocycles. The van der Waals surface area contributed by atoms with Crippen molar-refractivity contribution in [2.45, 2.75) is 19.4 Å². The van der Waals surface area contributed by atoms with Crippen molar-refractivity contribution >= 4 is 29.1 Å². The van der Waals surface area contributed by atoms with Gasteiger partial charge in [0, 0.05) is 12.1 Å². The number of halogens is 1. The minimum Gasteiger partial charge on any atom is -0.507 e. The molecule has 0 saturated carbocycles. The number of carbonyl (C=O) groups excluding carboxylic acids is 2. The first-order valence-electron chi connectivity index (χ1n) is 10.1. The Morgan fingerprint density at radius 3 is 2.42 bits per heavy atom. The highest BCUT2D eigenvalue weighted by Gasteiger charge is 2.45. The molecule has 1 amide bonds. The number of hydrogen-bond acceptors (Lipinski definition) is 5. The Kier molecular flexibility index (Phi) is 7.03. The number of ketones is 1. The van der Waals surface area contributed by atoms with Crippen molar-refractivity contribution in [2.24, 2.45) is 0 Å². The number of Topliss-reactive ketones (excluding diaryl/α,β-unsaturated/α-hetero) is 1. The zero-order chi connectivity index (χ0) is 22.7. The van der Waals surface area contributed by atoms with Crippen LogP contribution in [-0.2, 0) is 9.59 Å². The van der Waals surface area contributed by atoms with Gasteiger partial charge in [-0.25, -0.2) is 0 Å². The molecule has 2 aromatic rings. The van der Waals surface area contributed by atoms with Crippen molar-refractivity contribution in [2.75, 3.05) is 34.3 Å². The predicted molar refractivity (Wildman–Crippen MR) is 121 cm³/mol. The molecule has 1 aliphatic rings. The van der Waals surface area contributed by atoms with Crippen molar-refractivity contribution in [3.8, 4) is 5.75 Å². The van der Waals surface area contributed by atoms with Crippen LogP contribution >= 0.6 is 11.6 Å². The normalized spacial score (nSPS) is 18.1. The lowest BCUT2D eigenvalue weighted by Crippen LogP contribution is -2.32. The molecule has 3 rings (SSSR count). The van der Waals surface area contributed by atoms with Gasteiger partial charge < -0.3 is 19.6 Å². The van der Waals surface area contributed by atoms with E-state index >= 15 is 0 Å². The maximum atomic E-state index is 13.0. The second-order valence-corrected chi connectivity index (χ2v) is 8.32. The number of methoxy groups -OCH3 is 1. The third-order valence-corrected chi connectivity index (χ3v) is 5.66. The van der Waals surface area contributed by atoms with Crippen LogP contribution in [0.2, 0.25) is 5.02 Å². The number of amides is 1. The largest absolute Gasteiger partial charge is 0.507 e. The molecule has 7 heteroatoms. The van der Waals surface area contributed by atoms with Gasteiger partial charge in [-0.2, -0.15) is 0 Å². The summed E-state index contributed by atoms with van der Waals surface area (Å²) in [5.41, 5.74) is 2.26. The second kappa shape index (κ2) is 9.54. The lowest BCUT2D eigenvalue weighted by atomic mass is 9.94. The van der Waals surface area contributed by atoms with Gasteiger partial charge in [0.2, 0.25) is 0 Å². The summed E-state index contributed by atoms with van der Waals surface area (Å²) in [6, 6.07) is 11.7. The van der Waals surface area contributed by atoms with Gasteiger partial charge in [-0.3, -0.25) is 9.59 Å². The van der Waals surface area contributed by atoms with Crippen LogP contribution in [0.15, 0.2) is 48.0 Å². The number of benzene rings is 2. The van der Waals surface area contributed by atoms with Crippen molar-refractivity contribution in [1.82, 2.24) is 9.80 Å². The van der Waals surface area contributed by atoms with E-state index in [9.17, 15) is 14.7 Å². The van der Waals surface area contributed by atoms with Gasteiger partial charge in [0.05, 0.1) is 23.7 Å². The molecule has 0 spiro atoms. The number of likely N-dealkylation sites (tertiary alicyclic amines) is 1. The number of rotatable bonds is 7. The molecule has 0 radical (unpaired) electrons. The topological polar surface area (TPSA) is 70.1 Å². The van der Waals surface area contributed by atoms with Gasteiger partial charge in [-0.15, -0.1) is 0 Å². The Hall–Kier alpha value is -2.83. The number of ether oxygens (including phenoxy) is 1. The summed E-state index contributed by atoms with van der Waals surface area (Å²) < 4.78 is 5.16. The van der Waals surface area contributed by atoms with Crippen molar-refractivity contribution < 1.29 is 19.4 Å². The van der Waals surface area contributed by atoms with Crippen LogP contribution in [0.25, 0.3) is 5.76 Å². The van der Waals surface area contributed by atoms with Gasteiger partial charge in [0.1, 0.15) is 11.5 Å². The van der Waals surface area contributed by atoms with Gasteiger partial charge in [0.15, 0.2) is 0 Å². The van der Waals surface area contributed by atoms with Gasteiger partial charge in [-0.1, -0.05) is 41.4 Å². The number of aliphatic hydroxyl groups excluding tert-OH is 1. The highest BCUT2D eigenvalue weighted by molar-refractivity contribution is 6.46. The van der Waals surface area contributed by atoms with Crippen LogP contribution in [0, 0.1) is 6.92 Å². The molecular weight excluding hydrogens is 416 g/mol. The quantitative estimate of drug-likeness (QED) is 0.398. The Bertz CT molecular complexity index is 1010. The zero-order valence-corrected chi connectivity index (χ0v) is 18.9. The fraction of sp³-hybridized carbons (Fsp3) is 0.333. The molecule has 0 unspecified atom stereocenters. The first-order valence-corrected chi connectivity index (χ1v) is 10.5. The van der Waals surface area contributed by atoms with E-state index in [-0.39, 0.29) is 11.3 Å². The van der Waals surface area contributed by atoms with Crippen LogP contribution in [0.4, 0.5) is 0 Å². The fourth-order valence-corrected chi connectivity index (χ4v) is 3.99. The zero-order valence-electron chi connectivity index (χ0n) is 18.2. The van der Waals surface area contributed by atoms with Crippen molar-refractivity contribution in [1.29, 1.82) is 0 Å². The van der Waals surface area contributed by atoms with E-state index in [1.54, 1.807) is 17.0 Å². The molecule has 1 heterocycles. The van der Waals surface area contributed by atoms with Crippen LogP contribution in [0.3, 0.4) is 0 Å². The van der Waals surface area contributed by atoms with Crippen molar-refractivity contribution in [3.63, 3.8) is 0 Å². The number of carbonyl (C=O) groups is 2. The van der Waals surface area contributed by atoms with E-state index in [1.807, 2.05) is 50.2 Å². The number of hydrogen-bond donors (Lipinski definition) is 1. The first-order chi connectivity index (χ1) is 14.7. The summed E-state index contributed by atoms with van der Waals surface area (Å²) in [6.07, 6.45) is 0.705. The molecule has 164 valence electrons. The second-order valence-electron chi connectivity index (χ2n) is 7.91. The van der Waals surface area contributed by atoms with E-state index in [1.165, 1.54) is 13.2 Å². The monoisotopic (exact) mass is 442 g/mol. The fourth-order valence-electron chi connectivity index (χ4n) is 3.73. The Morgan fingerprint density at radius 2 is 1.84 bits per heavy atom. The van der Waals surface area contributed by atoms with E-state index < -0.39 is 17.7 Å². The molecule has 2 aromatic carbocycles. The molecule has 0 aromatic heterocycles. The predicted octanol–water partition coefficient (Wildman–Crippen LogP) is 4.03. The molecule has 1 N–H and O–H groups in total. The first kappa shape index (κ1) is 22.8. The Balaban J connectivity index is 2.10. The molecular formula is C24H27ClN2O4. The molecule has 0 aliphatic carbocycles. The van der Waals surface area contributed by atoms with Gasteiger partial charge in [0.25, 0.3) is 11.7 Å². The number of aryl methyl sites for hydroxylation is 1. The molecule has 1 saturated heterocycles. The third-order valence-electron chi connectivity index (χ3n) is 5.36. The Labute approximate surface area is 187 Å². The number of nitrogens with zero attached hydrogens (tertiary/aromatic N) is 2. The van der Waals surface area contributed by atoms with Gasteiger partial charge in [-0.05, 0) is 57.7 Å². The molecule has 31 heavy (non-hydrogen) atoms. The average Bonchev–Trinajstić information content (AvgIpc) is 2.98. The van der Waals surface area contributed by atoms with E-state index in [0.717, 1.165) is 17.7 Å². The smallest absolute Gasteiger partial charge is 0.295 e. The minimum atomic E-state index is -0.695. The highest BCUT2D eigenvalue weighted by atomic mass is 35.5. The molecule has 0 bridgehead atoms. The maximum Gasteiger partial charge on any atom is 0.295 e.